The summed E-state index contributed by atoms with van der Waals surface area (Å²) in [5.74, 6) is 0.579. The summed E-state index contributed by atoms with van der Waals surface area (Å²) in [4.78, 5) is 2.63. The number of rotatable bonds is 4. The van der Waals surface area contributed by atoms with E-state index in [4.69, 9.17) is 0 Å². The van der Waals surface area contributed by atoms with Crippen molar-refractivity contribution in [1.82, 2.24) is 0 Å². The highest BCUT2D eigenvalue weighted by Crippen LogP contribution is 2.31. The van der Waals surface area contributed by atoms with Crippen LogP contribution in [0.5, 0.6) is 0 Å². The smallest absolute Gasteiger partial charge is 0.0349 e. The first-order chi connectivity index (χ1) is 9.10. The van der Waals surface area contributed by atoms with Crippen molar-refractivity contribution in [1.29, 1.82) is 0 Å². The minimum atomic E-state index is 0.579. The Bertz CT molecular complexity index is 582. The van der Waals surface area contributed by atoms with Gasteiger partial charge in [0.25, 0.3) is 0 Å². The predicted octanol–water partition coefficient (Wildman–Crippen LogP) is 6.61. The molecule has 1 aromatic carbocycles. The predicted molar refractivity (Wildman–Crippen MR) is 94.1 cm³/mol. The van der Waals surface area contributed by atoms with Crippen molar-refractivity contribution in [3.05, 3.63) is 51.3 Å². The fourth-order valence-corrected chi connectivity index (χ4v) is 3.96. The first-order valence-electron chi connectivity index (χ1n) is 6.22. The number of halogens is 2. The molecule has 0 aliphatic carbocycles. The molecule has 0 spiro atoms. The number of benzene rings is 1. The monoisotopic (exact) mass is 398 g/mol. The molecule has 0 saturated heterocycles. The van der Waals surface area contributed by atoms with Crippen molar-refractivity contribution >= 4 is 49.3 Å². The normalized spacial score (nSPS) is 12.2. The topological polar surface area (TPSA) is 0 Å². The summed E-state index contributed by atoms with van der Waals surface area (Å²) in [7, 11) is 0. The third kappa shape index (κ3) is 4.04. The minimum absolute atomic E-state index is 0.579. The van der Waals surface area contributed by atoms with Gasteiger partial charge in [-0.3, -0.25) is 0 Å². The zero-order chi connectivity index (χ0) is 13.8. The number of hydrogen-bond donors (Lipinski definition) is 0. The van der Waals surface area contributed by atoms with E-state index in [9.17, 15) is 0 Å². The lowest BCUT2D eigenvalue weighted by Crippen LogP contribution is -1.93. The van der Waals surface area contributed by atoms with Crippen molar-refractivity contribution in [3.63, 3.8) is 0 Å². The van der Waals surface area contributed by atoms with Crippen molar-refractivity contribution < 1.29 is 0 Å². The van der Waals surface area contributed by atoms with Gasteiger partial charge in [-0.15, -0.1) is 11.3 Å². The average Bonchev–Trinajstić information content (AvgIpc) is 2.84. The highest BCUT2D eigenvalue weighted by Gasteiger charge is 2.05. The zero-order valence-corrected chi connectivity index (χ0v) is 15.0. The quantitative estimate of drug-likeness (QED) is 0.507. The third-order valence-corrected chi connectivity index (χ3v) is 5.18. The van der Waals surface area contributed by atoms with Crippen LogP contribution in [0.25, 0.3) is 16.5 Å². The lowest BCUT2D eigenvalue weighted by molar-refractivity contribution is 0.781. The molecular formula is C16H16Br2S. The fourth-order valence-electron chi connectivity index (χ4n) is 1.77. The molecule has 0 aliphatic rings. The molecule has 0 nitrogen and oxygen atoms in total. The molecule has 0 unspecified atom stereocenters. The van der Waals surface area contributed by atoms with Crippen molar-refractivity contribution in [2.24, 2.45) is 5.92 Å². The van der Waals surface area contributed by atoms with Gasteiger partial charge in [0.2, 0.25) is 0 Å². The molecule has 1 heterocycles. The van der Waals surface area contributed by atoms with Crippen LogP contribution in [0.3, 0.4) is 0 Å². The van der Waals surface area contributed by atoms with Gasteiger partial charge in [-0.2, -0.15) is 0 Å². The van der Waals surface area contributed by atoms with Crippen LogP contribution in [0, 0.1) is 5.92 Å². The lowest BCUT2D eigenvalue weighted by Gasteiger charge is -2.06. The van der Waals surface area contributed by atoms with E-state index in [2.05, 4.69) is 88.2 Å². The Morgan fingerprint density at radius 3 is 2.68 bits per heavy atom. The van der Waals surface area contributed by atoms with E-state index >= 15 is 0 Å². The van der Waals surface area contributed by atoms with Gasteiger partial charge in [-0.05, 0) is 41.8 Å². The van der Waals surface area contributed by atoms with E-state index < -0.39 is 0 Å². The summed E-state index contributed by atoms with van der Waals surface area (Å²) in [5.41, 5.74) is 2.70. The summed E-state index contributed by atoms with van der Waals surface area (Å²) in [6.45, 7) is 4.46. The molecule has 0 aliphatic heterocycles. The van der Waals surface area contributed by atoms with Gasteiger partial charge >= 0.3 is 0 Å². The molecule has 2 aromatic rings. The molecule has 2 rings (SSSR count). The molecular weight excluding hydrogens is 384 g/mol. The van der Waals surface area contributed by atoms with Gasteiger partial charge in [0.05, 0.1) is 0 Å². The van der Waals surface area contributed by atoms with Crippen LogP contribution >= 0.6 is 43.2 Å². The third-order valence-electron chi connectivity index (χ3n) is 2.96. The summed E-state index contributed by atoms with van der Waals surface area (Å²) < 4.78 is 1.12. The molecule has 3 heteroatoms. The SMILES string of the molecule is CC(C)C(=Cc1ccc(-c2cccc(Br)c2)s1)CBr. The summed E-state index contributed by atoms with van der Waals surface area (Å²) in [6, 6.07) is 12.8. The summed E-state index contributed by atoms with van der Waals surface area (Å²) in [5, 5.41) is 0.939. The van der Waals surface area contributed by atoms with Gasteiger partial charge in [-0.1, -0.05) is 63.4 Å². The summed E-state index contributed by atoms with van der Waals surface area (Å²) in [6.07, 6.45) is 2.30. The average molecular weight is 400 g/mol. The fraction of sp³-hybridized carbons (Fsp3) is 0.250. The van der Waals surface area contributed by atoms with Crippen LogP contribution in [-0.4, -0.2) is 5.33 Å². The first kappa shape index (κ1) is 15.0. The molecule has 0 bridgehead atoms. The van der Waals surface area contributed by atoms with Gasteiger partial charge in [0, 0.05) is 19.6 Å². The van der Waals surface area contributed by atoms with Crippen LogP contribution in [0.2, 0.25) is 0 Å². The minimum Gasteiger partial charge on any atom is -0.136 e. The molecule has 19 heavy (non-hydrogen) atoms. The second-order valence-electron chi connectivity index (χ2n) is 4.72. The van der Waals surface area contributed by atoms with Crippen molar-refractivity contribution in [2.45, 2.75) is 13.8 Å². The van der Waals surface area contributed by atoms with Gasteiger partial charge in [0.1, 0.15) is 0 Å². The van der Waals surface area contributed by atoms with Gasteiger partial charge in [-0.25, -0.2) is 0 Å². The zero-order valence-electron chi connectivity index (χ0n) is 11.0. The highest BCUT2D eigenvalue weighted by molar-refractivity contribution is 9.10. The molecule has 0 N–H and O–H groups in total. The van der Waals surface area contributed by atoms with Crippen LogP contribution < -0.4 is 0 Å². The Morgan fingerprint density at radius 2 is 2.05 bits per heavy atom. The molecule has 0 radical (unpaired) electrons. The maximum absolute atomic E-state index is 3.57. The number of alkyl halides is 1. The molecule has 1 aromatic heterocycles. The van der Waals surface area contributed by atoms with E-state index in [0.717, 1.165) is 9.80 Å². The van der Waals surface area contributed by atoms with Crippen LogP contribution in [0.4, 0.5) is 0 Å². The maximum atomic E-state index is 3.57. The van der Waals surface area contributed by atoms with Crippen molar-refractivity contribution in [2.75, 3.05) is 5.33 Å². The number of allylic oxidation sites excluding steroid dienone is 1. The highest BCUT2D eigenvalue weighted by atomic mass is 79.9. The molecule has 0 amide bonds. The maximum Gasteiger partial charge on any atom is 0.0349 e. The van der Waals surface area contributed by atoms with Crippen LogP contribution in [0.1, 0.15) is 18.7 Å². The van der Waals surface area contributed by atoms with Crippen molar-refractivity contribution in [3.8, 4) is 10.4 Å². The largest absolute Gasteiger partial charge is 0.136 e. The number of hydrogen-bond acceptors (Lipinski definition) is 1. The Hall–Kier alpha value is -0.380. The van der Waals surface area contributed by atoms with Gasteiger partial charge in [0.15, 0.2) is 0 Å². The second kappa shape index (κ2) is 6.87. The van der Waals surface area contributed by atoms with E-state index in [1.54, 1.807) is 0 Å². The Morgan fingerprint density at radius 1 is 1.26 bits per heavy atom. The molecule has 0 atom stereocenters. The van der Waals surface area contributed by atoms with Crippen LogP contribution in [-0.2, 0) is 0 Å². The first-order valence-corrected chi connectivity index (χ1v) is 8.95. The molecule has 100 valence electrons. The van der Waals surface area contributed by atoms with E-state index in [0.29, 0.717) is 5.92 Å². The Kier molecular flexibility index (Phi) is 5.43. The number of thiophene rings is 1. The molecule has 0 saturated carbocycles. The molecule has 0 fully saturated rings. The Labute approximate surface area is 135 Å². The van der Waals surface area contributed by atoms with Crippen LogP contribution in [0.15, 0.2) is 46.4 Å². The standard InChI is InChI=1S/C16H16Br2S/c1-11(2)13(10-17)9-15-6-7-16(19-15)12-4-3-5-14(18)8-12/h3-9,11H,10H2,1-2H3. The lowest BCUT2D eigenvalue weighted by atomic mass is 10.0. The Balaban J connectivity index is 2.29. The van der Waals surface area contributed by atoms with E-state index in [1.807, 2.05) is 11.3 Å². The van der Waals surface area contributed by atoms with E-state index in [-0.39, 0.29) is 0 Å². The second-order valence-corrected chi connectivity index (χ2v) is 7.31. The summed E-state index contributed by atoms with van der Waals surface area (Å²) >= 11 is 8.93. The van der Waals surface area contributed by atoms with Gasteiger partial charge < -0.3 is 0 Å². The van der Waals surface area contributed by atoms with E-state index in [1.165, 1.54) is 20.9 Å².